The molecule has 2 atom stereocenters. The molecule has 2 rings (SSSR count). The third-order valence-electron chi connectivity index (χ3n) is 4.07. The summed E-state index contributed by atoms with van der Waals surface area (Å²) in [6.45, 7) is 0. The lowest BCUT2D eigenvalue weighted by Gasteiger charge is -2.26. The smallest absolute Gasteiger partial charge is 0.412 e. The first-order chi connectivity index (χ1) is 13.9. The quantitative estimate of drug-likeness (QED) is 0.541. The van der Waals surface area contributed by atoms with Gasteiger partial charge in [0.25, 0.3) is 0 Å². The van der Waals surface area contributed by atoms with Crippen molar-refractivity contribution in [3.63, 3.8) is 0 Å². The molecule has 0 saturated heterocycles. The number of nitrogens with one attached hydrogen (secondary N) is 1. The first-order valence-electron chi connectivity index (χ1n) is 8.84. The molecule has 0 aliphatic rings. The van der Waals surface area contributed by atoms with Crippen LogP contribution >= 0.6 is 0 Å². The van der Waals surface area contributed by atoms with Crippen LogP contribution in [0.15, 0.2) is 60.7 Å². The van der Waals surface area contributed by atoms with E-state index >= 15 is 0 Å². The fourth-order valence-electron chi connectivity index (χ4n) is 2.68. The van der Waals surface area contributed by atoms with Gasteiger partial charge in [-0.05, 0) is 42.7 Å². The number of phenolic OH excluding ortho intramolecular Hbond substituents is 1. The zero-order valence-electron chi connectivity index (χ0n) is 15.7. The number of aromatic hydroxyl groups is 1. The first kappa shape index (κ1) is 21.9. The van der Waals surface area contributed by atoms with E-state index in [1.165, 1.54) is 19.3 Å². The molecule has 0 aromatic heterocycles. The number of para-hydroxylation sites is 1. The molecule has 0 radical (unpaired) electrons. The maximum atomic E-state index is 13.9. The monoisotopic (exact) mass is 403 g/mol. The molecule has 154 valence electrons. The molecule has 8 heteroatoms. The van der Waals surface area contributed by atoms with Gasteiger partial charge in [0.05, 0.1) is 6.10 Å². The second-order valence-corrected chi connectivity index (χ2v) is 6.12. The summed E-state index contributed by atoms with van der Waals surface area (Å²) in [5.74, 6) is -2.46. The highest BCUT2D eigenvalue weighted by Crippen LogP contribution is 2.30. The molecule has 0 heterocycles. The van der Waals surface area contributed by atoms with Gasteiger partial charge in [-0.2, -0.15) is 0 Å². The van der Waals surface area contributed by atoms with Crippen LogP contribution in [0.3, 0.4) is 0 Å². The van der Waals surface area contributed by atoms with E-state index in [2.05, 4.69) is 5.32 Å². The number of hydrogen-bond donors (Lipinski definition) is 3. The molecule has 0 bridgehead atoms. The molecule has 1 amide bonds. The number of methoxy groups -OCH3 is 1. The van der Waals surface area contributed by atoms with Crippen LogP contribution < -0.4 is 5.32 Å². The number of carbonyl (C=O) groups is 2. The fraction of sp³-hybridized carbons (Fsp3) is 0.238. The van der Waals surface area contributed by atoms with Crippen LogP contribution in [0.2, 0.25) is 0 Å². The Bertz CT molecular complexity index is 856. The van der Waals surface area contributed by atoms with Gasteiger partial charge in [-0.3, -0.25) is 5.32 Å². The lowest BCUT2D eigenvalue weighted by Crippen LogP contribution is -2.28. The van der Waals surface area contributed by atoms with Crippen molar-refractivity contribution >= 4 is 17.7 Å². The zero-order valence-corrected chi connectivity index (χ0v) is 15.7. The summed E-state index contributed by atoms with van der Waals surface area (Å²) in [6.07, 6.45) is 0.670. The Morgan fingerprint density at radius 3 is 2.55 bits per heavy atom. The highest BCUT2D eigenvalue weighted by atomic mass is 19.1. The number of hydrogen-bond acceptors (Lipinski definition) is 5. The second-order valence-electron chi connectivity index (χ2n) is 6.12. The molecular formula is C21H22FNO6. The molecule has 7 nitrogen and oxygen atoms in total. The summed E-state index contributed by atoms with van der Waals surface area (Å²) in [4.78, 5) is 23.0. The number of carboxylic acid groups (broad SMARTS) is 1. The van der Waals surface area contributed by atoms with Crippen molar-refractivity contribution < 1.29 is 33.7 Å². The molecule has 3 N–H and O–H groups in total. The third-order valence-corrected chi connectivity index (χ3v) is 4.07. The lowest BCUT2D eigenvalue weighted by atomic mass is 10.00. The minimum atomic E-state index is -1.07. The molecule has 0 spiro atoms. The molecule has 0 saturated carbocycles. The highest BCUT2D eigenvalue weighted by Gasteiger charge is 2.27. The summed E-state index contributed by atoms with van der Waals surface area (Å²) in [5, 5.41) is 20.7. The van der Waals surface area contributed by atoms with Crippen molar-refractivity contribution in [2.45, 2.75) is 25.0 Å². The number of allylic oxidation sites excluding steroid dienone is 1. The first-order valence-corrected chi connectivity index (χ1v) is 8.84. The summed E-state index contributed by atoms with van der Waals surface area (Å²) < 4.78 is 24.8. The van der Waals surface area contributed by atoms with Crippen LogP contribution in [0.5, 0.6) is 5.75 Å². The molecule has 2 aromatic rings. The Morgan fingerprint density at radius 1 is 1.21 bits per heavy atom. The van der Waals surface area contributed by atoms with Crippen LogP contribution in [0.4, 0.5) is 14.9 Å². The summed E-state index contributed by atoms with van der Waals surface area (Å²) in [5.41, 5.74) is 0.809. The number of rotatable bonds is 9. The Kier molecular flexibility index (Phi) is 8.17. The van der Waals surface area contributed by atoms with Crippen LogP contribution in [-0.4, -0.2) is 35.5 Å². The number of carboxylic acids is 1. The number of ether oxygens (including phenoxy) is 2. The maximum Gasteiger partial charge on any atom is 0.412 e. The normalized spacial score (nSPS) is 13.0. The Morgan fingerprint density at radius 2 is 1.93 bits per heavy atom. The van der Waals surface area contributed by atoms with Crippen molar-refractivity contribution in [3.05, 3.63) is 72.1 Å². The average molecular weight is 403 g/mol. The summed E-state index contributed by atoms with van der Waals surface area (Å²) in [6, 6.07) is 12.3. The molecule has 0 aliphatic carbocycles. The van der Waals surface area contributed by atoms with E-state index in [0.717, 1.165) is 18.2 Å². The molecule has 0 aliphatic heterocycles. The summed E-state index contributed by atoms with van der Waals surface area (Å²) in [7, 11) is 1.41. The topological polar surface area (TPSA) is 105 Å². The fourth-order valence-corrected chi connectivity index (χ4v) is 2.68. The Balaban J connectivity index is 2.20. The predicted octanol–water partition coefficient (Wildman–Crippen LogP) is 4.26. The summed E-state index contributed by atoms with van der Waals surface area (Å²) >= 11 is 0. The van der Waals surface area contributed by atoms with E-state index in [-0.39, 0.29) is 5.56 Å². The van der Waals surface area contributed by atoms with E-state index in [4.69, 9.17) is 14.6 Å². The predicted molar refractivity (Wildman–Crippen MR) is 104 cm³/mol. The van der Waals surface area contributed by atoms with E-state index in [0.29, 0.717) is 18.5 Å². The van der Waals surface area contributed by atoms with E-state index in [1.54, 1.807) is 30.3 Å². The molecular weight excluding hydrogens is 381 g/mol. The van der Waals surface area contributed by atoms with Crippen LogP contribution in [0.1, 0.15) is 24.5 Å². The van der Waals surface area contributed by atoms with Crippen molar-refractivity contribution in [2.75, 3.05) is 12.4 Å². The van der Waals surface area contributed by atoms with Crippen molar-refractivity contribution in [2.24, 2.45) is 0 Å². The van der Waals surface area contributed by atoms with Gasteiger partial charge in [0.1, 0.15) is 0 Å². The molecule has 2 aromatic carbocycles. The number of anilines is 1. The van der Waals surface area contributed by atoms with Gasteiger partial charge in [0.15, 0.2) is 17.7 Å². The van der Waals surface area contributed by atoms with Crippen LogP contribution in [0.25, 0.3) is 0 Å². The molecule has 0 fully saturated rings. The SMILES string of the molecule is CO[C@@H](CC/C=C/C(=O)O)[C@@H](OC(=O)Nc1ccccc1)c1ccc(O)c(F)c1. The number of halogens is 1. The van der Waals surface area contributed by atoms with Gasteiger partial charge >= 0.3 is 12.1 Å². The number of amides is 1. The molecule has 29 heavy (non-hydrogen) atoms. The van der Waals surface area contributed by atoms with Gasteiger partial charge in [-0.1, -0.05) is 30.3 Å². The van der Waals surface area contributed by atoms with Crippen LogP contribution in [-0.2, 0) is 14.3 Å². The number of aliphatic carboxylic acids is 1. The maximum absolute atomic E-state index is 13.9. The number of carbonyl (C=O) groups excluding carboxylic acids is 1. The number of phenols is 1. The van der Waals surface area contributed by atoms with Gasteiger partial charge < -0.3 is 19.7 Å². The minimum Gasteiger partial charge on any atom is -0.505 e. The van der Waals surface area contributed by atoms with E-state index in [1.807, 2.05) is 0 Å². The van der Waals surface area contributed by atoms with E-state index in [9.17, 15) is 19.1 Å². The minimum absolute atomic E-state index is 0.289. The van der Waals surface area contributed by atoms with Crippen molar-refractivity contribution in [1.82, 2.24) is 0 Å². The lowest BCUT2D eigenvalue weighted by molar-refractivity contribution is -0.131. The van der Waals surface area contributed by atoms with Gasteiger partial charge in [-0.15, -0.1) is 0 Å². The van der Waals surface area contributed by atoms with Crippen molar-refractivity contribution in [1.29, 1.82) is 0 Å². The average Bonchev–Trinajstić information content (AvgIpc) is 2.69. The standard InChI is InChI=1S/C21H22FNO6/c1-28-18(9-5-6-10-19(25)26)20(14-11-12-17(24)16(22)13-14)29-21(27)23-15-7-3-2-4-8-15/h2-4,6-8,10-13,18,20,24H,5,9H2,1H3,(H,23,27)(H,25,26)/b10-6+/t18-,20-/m0/s1. The van der Waals surface area contributed by atoms with Crippen LogP contribution in [0, 0.1) is 5.82 Å². The Hall–Kier alpha value is -3.39. The van der Waals surface area contributed by atoms with Gasteiger partial charge in [0.2, 0.25) is 0 Å². The largest absolute Gasteiger partial charge is 0.505 e. The van der Waals surface area contributed by atoms with Gasteiger partial charge in [-0.25, -0.2) is 14.0 Å². The third kappa shape index (κ3) is 6.93. The van der Waals surface area contributed by atoms with E-state index < -0.39 is 35.8 Å². The number of benzene rings is 2. The molecule has 0 unspecified atom stereocenters. The second kappa shape index (κ2) is 10.8. The van der Waals surface area contributed by atoms with Gasteiger partial charge in [0, 0.05) is 18.9 Å². The highest BCUT2D eigenvalue weighted by molar-refractivity contribution is 5.84. The zero-order chi connectivity index (χ0) is 21.2. The van der Waals surface area contributed by atoms with Crippen molar-refractivity contribution in [3.8, 4) is 5.75 Å². The Labute approximate surface area is 167 Å².